The predicted octanol–water partition coefficient (Wildman–Crippen LogP) is 4.28. The number of aromatic nitrogens is 2. The number of rotatable bonds is 9. The Morgan fingerprint density at radius 3 is 2.43 bits per heavy atom. The minimum atomic E-state index is -5.36. The number of amides is 2. The fourth-order valence-electron chi connectivity index (χ4n) is 4.70. The maximum atomic E-state index is 15.3. The van der Waals surface area contributed by atoms with Gasteiger partial charge >= 0.3 is 12.4 Å². The van der Waals surface area contributed by atoms with E-state index in [-0.39, 0.29) is 17.5 Å². The van der Waals surface area contributed by atoms with Gasteiger partial charge in [-0.25, -0.2) is 17.5 Å². The molecule has 2 N–H and O–H groups in total. The first-order valence-electron chi connectivity index (χ1n) is 12.6. The number of carbonyl (C=O) groups excluding carboxylic acids is 2. The van der Waals surface area contributed by atoms with E-state index < -0.39 is 88.1 Å². The smallest absolute Gasteiger partial charge is 0.416 e. The molecule has 0 radical (unpaired) electrons. The molecule has 1 aliphatic carbocycles. The summed E-state index contributed by atoms with van der Waals surface area (Å²) in [5.74, 6) is -4.97. The minimum Gasteiger partial charge on any atom is -0.493 e. The van der Waals surface area contributed by atoms with E-state index in [2.05, 4.69) is 5.10 Å². The van der Waals surface area contributed by atoms with Gasteiger partial charge in [0, 0.05) is 36.2 Å². The van der Waals surface area contributed by atoms with Crippen molar-refractivity contribution in [3.8, 4) is 5.75 Å². The zero-order chi connectivity index (χ0) is 31.1. The molecule has 2 amide bonds. The molecule has 0 spiro atoms. The molecule has 1 fully saturated rings. The van der Waals surface area contributed by atoms with E-state index in [1.54, 1.807) is 10.0 Å². The Balaban J connectivity index is 1.76. The zero-order valence-corrected chi connectivity index (χ0v) is 22.7. The molecule has 1 aromatic carbocycles. The second-order valence-corrected chi connectivity index (χ2v) is 11.8. The van der Waals surface area contributed by atoms with Crippen LogP contribution in [0, 0.1) is 5.82 Å². The third-order valence-corrected chi connectivity index (χ3v) is 7.48. The van der Waals surface area contributed by atoms with Crippen LogP contribution in [0.15, 0.2) is 36.0 Å². The van der Waals surface area contributed by atoms with Crippen molar-refractivity contribution >= 4 is 27.4 Å². The topological polar surface area (TPSA) is 119 Å². The van der Waals surface area contributed by atoms with Crippen molar-refractivity contribution in [1.82, 2.24) is 19.8 Å². The highest BCUT2D eigenvalue weighted by Gasteiger charge is 2.61. The number of halogens is 7. The molecule has 17 heteroatoms. The molecule has 1 unspecified atom stereocenters. The summed E-state index contributed by atoms with van der Waals surface area (Å²) in [5, 5.41) is 5.91. The van der Waals surface area contributed by atoms with Crippen LogP contribution in [0.3, 0.4) is 0 Å². The molecule has 2 aromatic rings. The van der Waals surface area contributed by atoms with Gasteiger partial charge in [-0.15, -0.1) is 0 Å². The lowest BCUT2D eigenvalue weighted by molar-refractivity contribution is -0.202. The van der Waals surface area contributed by atoms with Crippen molar-refractivity contribution in [2.24, 2.45) is 0 Å². The highest BCUT2D eigenvalue weighted by Crippen LogP contribution is 2.49. The summed E-state index contributed by atoms with van der Waals surface area (Å²) >= 11 is 0. The molecule has 2 aliphatic rings. The molecule has 1 atom stereocenters. The van der Waals surface area contributed by atoms with E-state index in [4.69, 9.17) is 4.74 Å². The summed E-state index contributed by atoms with van der Waals surface area (Å²) in [6.07, 6.45) is -8.27. The first-order chi connectivity index (χ1) is 19.4. The lowest BCUT2D eigenvalue weighted by Gasteiger charge is -2.41. The van der Waals surface area contributed by atoms with Gasteiger partial charge in [0.25, 0.3) is 11.8 Å². The number of hydrogen-bond donors (Lipinski definition) is 2. The number of benzene rings is 1. The standard InChI is InChI=1S/C25H25F7N4O5S/c1-42(39,40)35-22(38)20-16(19-8-10-36(34-19)14-4-2-5-14)13-23(25(30,31)32,33-21(20)37)17-7-6-15(12-18(17)26)41-11-3-9-24(27,28)29/h6-8,10,12,14H,2-5,9,11,13H2,1H3,(H,33,37)(H,35,38). The maximum Gasteiger partial charge on any atom is 0.416 e. The Kier molecular flexibility index (Phi) is 8.37. The summed E-state index contributed by atoms with van der Waals surface area (Å²) in [6.45, 7) is -0.491. The van der Waals surface area contributed by atoms with E-state index in [0.29, 0.717) is 18.4 Å². The van der Waals surface area contributed by atoms with Crippen molar-refractivity contribution < 1.29 is 53.5 Å². The van der Waals surface area contributed by atoms with Gasteiger partial charge < -0.3 is 10.1 Å². The van der Waals surface area contributed by atoms with Gasteiger partial charge in [0.15, 0.2) is 5.54 Å². The summed E-state index contributed by atoms with van der Waals surface area (Å²) in [5.41, 5.74) is -6.22. The van der Waals surface area contributed by atoms with Crippen LogP contribution in [-0.4, -0.2) is 55.2 Å². The highest BCUT2D eigenvalue weighted by molar-refractivity contribution is 7.89. The number of alkyl halides is 6. The van der Waals surface area contributed by atoms with Gasteiger partial charge in [-0.1, -0.05) is 0 Å². The molecule has 1 aromatic heterocycles. The summed E-state index contributed by atoms with van der Waals surface area (Å²) in [6, 6.07) is 3.34. The average molecular weight is 627 g/mol. The van der Waals surface area contributed by atoms with Crippen LogP contribution in [0.4, 0.5) is 30.7 Å². The van der Waals surface area contributed by atoms with Crippen LogP contribution in [0.1, 0.15) is 55.8 Å². The molecule has 0 saturated heterocycles. The van der Waals surface area contributed by atoms with Gasteiger partial charge in [0.1, 0.15) is 17.1 Å². The minimum absolute atomic E-state index is 0.0569. The van der Waals surface area contributed by atoms with E-state index in [1.807, 2.05) is 0 Å². The first kappa shape index (κ1) is 31.3. The summed E-state index contributed by atoms with van der Waals surface area (Å²) in [7, 11) is -4.24. The van der Waals surface area contributed by atoms with Crippen LogP contribution in [-0.2, 0) is 25.2 Å². The maximum absolute atomic E-state index is 15.3. The molecular weight excluding hydrogens is 601 g/mol. The fourth-order valence-corrected chi connectivity index (χ4v) is 5.14. The zero-order valence-electron chi connectivity index (χ0n) is 21.9. The van der Waals surface area contributed by atoms with Gasteiger partial charge in [-0.2, -0.15) is 31.4 Å². The third-order valence-electron chi connectivity index (χ3n) is 6.93. The molecule has 42 heavy (non-hydrogen) atoms. The van der Waals surface area contributed by atoms with E-state index in [0.717, 1.165) is 25.3 Å². The molecule has 1 aliphatic heterocycles. The van der Waals surface area contributed by atoms with Crippen molar-refractivity contribution in [2.45, 2.75) is 62.5 Å². The quantitative estimate of drug-likeness (QED) is 0.244. The Morgan fingerprint density at radius 1 is 1.19 bits per heavy atom. The highest BCUT2D eigenvalue weighted by atomic mass is 32.2. The molecule has 4 rings (SSSR count). The number of ether oxygens (including phenoxy) is 1. The number of nitrogens with zero attached hydrogens (tertiary/aromatic N) is 2. The second-order valence-electron chi connectivity index (χ2n) is 10.1. The Labute approximate surface area is 235 Å². The van der Waals surface area contributed by atoms with E-state index in [1.165, 1.54) is 16.9 Å². The Hall–Kier alpha value is -3.63. The van der Waals surface area contributed by atoms with Gasteiger partial charge in [-0.3, -0.25) is 14.3 Å². The average Bonchev–Trinajstić information content (AvgIpc) is 3.27. The lowest BCUT2D eigenvalue weighted by Crippen LogP contribution is -2.60. The van der Waals surface area contributed by atoms with Crippen LogP contribution >= 0.6 is 0 Å². The fraction of sp³-hybridized carbons (Fsp3) is 0.480. The van der Waals surface area contributed by atoms with Crippen LogP contribution < -0.4 is 14.8 Å². The number of carbonyl (C=O) groups is 2. The van der Waals surface area contributed by atoms with Crippen molar-refractivity contribution in [3.05, 3.63) is 53.1 Å². The van der Waals surface area contributed by atoms with Gasteiger partial charge in [0.05, 0.1) is 24.6 Å². The van der Waals surface area contributed by atoms with Crippen LogP contribution in [0.2, 0.25) is 0 Å². The Morgan fingerprint density at radius 2 is 1.88 bits per heavy atom. The van der Waals surface area contributed by atoms with Crippen molar-refractivity contribution in [2.75, 3.05) is 12.9 Å². The predicted molar refractivity (Wildman–Crippen MR) is 133 cm³/mol. The van der Waals surface area contributed by atoms with Crippen molar-refractivity contribution in [1.29, 1.82) is 0 Å². The van der Waals surface area contributed by atoms with E-state index >= 15 is 4.39 Å². The van der Waals surface area contributed by atoms with Gasteiger partial charge in [-0.05, 0) is 43.9 Å². The monoisotopic (exact) mass is 626 g/mol. The largest absolute Gasteiger partial charge is 0.493 e. The lowest BCUT2D eigenvalue weighted by atomic mass is 9.77. The number of nitrogens with one attached hydrogen (secondary N) is 2. The first-order valence-corrected chi connectivity index (χ1v) is 14.5. The summed E-state index contributed by atoms with van der Waals surface area (Å²) < 4.78 is 128. The molecule has 0 bridgehead atoms. The molecule has 230 valence electrons. The third kappa shape index (κ3) is 6.71. The molecular formula is C25H25F7N4O5S. The van der Waals surface area contributed by atoms with E-state index in [9.17, 15) is 44.3 Å². The van der Waals surface area contributed by atoms with Gasteiger partial charge in [0.2, 0.25) is 10.0 Å². The molecule has 1 saturated carbocycles. The molecule has 9 nitrogen and oxygen atoms in total. The summed E-state index contributed by atoms with van der Waals surface area (Å²) in [4.78, 5) is 26.0. The second kappa shape index (κ2) is 11.2. The number of sulfonamides is 1. The normalized spacial score (nSPS) is 20.2. The molecule has 2 heterocycles. The van der Waals surface area contributed by atoms with Crippen LogP contribution in [0.25, 0.3) is 5.57 Å². The SMILES string of the molecule is CS(=O)(=O)NC(=O)C1=C(c2ccn(C3CCC3)n2)CC(c2ccc(OCCCC(F)(F)F)cc2F)(C(F)(F)F)NC1=O. The van der Waals surface area contributed by atoms with Crippen LogP contribution in [0.5, 0.6) is 5.75 Å². The Bertz CT molecular complexity index is 1510. The van der Waals surface area contributed by atoms with Crippen molar-refractivity contribution in [3.63, 3.8) is 0 Å². The number of hydrogen-bond acceptors (Lipinski definition) is 6.